The number of ketones is 1. The Balaban J connectivity index is 1.72. The van der Waals surface area contributed by atoms with E-state index in [0.29, 0.717) is 22.6 Å². The predicted molar refractivity (Wildman–Crippen MR) is 95.0 cm³/mol. The zero-order valence-corrected chi connectivity index (χ0v) is 13.9. The summed E-state index contributed by atoms with van der Waals surface area (Å²) in [6.45, 7) is 1.50. The van der Waals surface area contributed by atoms with E-state index in [2.05, 4.69) is 15.5 Å². The number of aromatic nitrogens is 2. The van der Waals surface area contributed by atoms with Gasteiger partial charge in [-0.05, 0) is 61.5 Å². The molecule has 0 bridgehead atoms. The molecule has 0 aliphatic carbocycles. The maximum atomic E-state index is 12.3. The standard InChI is InChI=1S/C19H17N3O3/c1-12(23)13-3-7-15(8-4-13)20-19(24)18-11-17(21-22-18)14-5-9-16(25-2)10-6-14/h3-11H,1-2H3,(H,20,24)(H,21,22). The number of amides is 1. The lowest BCUT2D eigenvalue weighted by Crippen LogP contribution is -2.12. The zero-order chi connectivity index (χ0) is 17.8. The van der Waals surface area contributed by atoms with Crippen LogP contribution in [0, 0.1) is 0 Å². The molecule has 1 aromatic heterocycles. The molecule has 0 radical (unpaired) electrons. The molecule has 0 unspecified atom stereocenters. The molecule has 0 saturated carbocycles. The second kappa shape index (κ2) is 7.00. The van der Waals surface area contributed by atoms with Crippen LogP contribution in [0.1, 0.15) is 27.8 Å². The van der Waals surface area contributed by atoms with Crippen molar-refractivity contribution in [2.75, 3.05) is 12.4 Å². The molecule has 0 atom stereocenters. The third kappa shape index (κ3) is 3.74. The fourth-order valence-corrected chi connectivity index (χ4v) is 2.33. The molecule has 1 amide bonds. The van der Waals surface area contributed by atoms with Crippen LogP contribution in [-0.4, -0.2) is 29.0 Å². The first-order valence-corrected chi connectivity index (χ1v) is 7.69. The number of hydrogen-bond donors (Lipinski definition) is 2. The van der Waals surface area contributed by atoms with Crippen LogP contribution in [-0.2, 0) is 0 Å². The number of carbonyl (C=O) groups excluding carboxylic acids is 2. The number of rotatable bonds is 5. The quantitative estimate of drug-likeness (QED) is 0.699. The van der Waals surface area contributed by atoms with Gasteiger partial charge in [-0.2, -0.15) is 5.10 Å². The van der Waals surface area contributed by atoms with Crippen LogP contribution in [0.4, 0.5) is 5.69 Å². The first kappa shape index (κ1) is 16.4. The molecule has 6 heteroatoms. The van der Waals surface area contributed by atoms with Crippen LogP contribution in [0.2, 0.25) is 0 Å². The number of aromatic amines is 1. The Morgan fingerprint density at radius 2 is 1.72 bits per heavy atom. The van der Waals surface area contributed by atoms with Crippen LogP contribution in [0.25, 0.3) is 11.3 Å². The molecule has 6 nitrogen and oxygen atoms in total. The van der Waals surface area contributed by atoms with Crippen LogP contribution < -0.4 is 10.1 Å². The van der Waals surface area contributed by atoms with E-state index in [9.17, 15) is 9.59 Å². The third-order valence-electron chi connectivity index (χ3n) is 3.76. The summed E-state index contributed by atoms with van der Waals surface area (Å²) < 4.78 is 5.12. The summed E-state index contributed by atoms with van der Waals surface area (Å²) in [5.41, 5.74) is 3.10. The lowest BCUT2D eigenvalue weighted by atomic mass is 10.1. The number of anilines is 1. The zero-order valence-electron chi connectivity index (χ0n) is 13.9. The Labute approximate surface area is 144 Å². The molecule has 3 rings (SSSR count). The van der Waals surface area contributed by atoms with E-state index in [0.717, 1.165) is 11.3 Å². The Kier molecular flexibility index (Phi) is 4.61. The molecule has 0 fully saturated rings. The van der Waals surface area contributed by atoms with Gasteiger partial charge in [0.15, 0.2) is 5.78 Å². The van der Waals surface area contributed by atoms with Gasteiger partial charge in [0.2, 0.25) is 0 Å². The number of nitrogens with zero attached hydrogens (tertiary/aromatic N) is 1. The minimum Gasteiger partial charge on any atom is -0.497 e. The molecule has 1 heterocycles. The van der Waals surface area contributed by atoms with Crippen molar-refractivity contribution in [1.29, 1.82) is 0 Å². The number of benzene rings is 2. The fraction of sp³-hybridized carbons (Fsp3) is 0.105. The number of carbonyl (C=O) groups is 2. The van der Waals surface area contributed by atoms with Gasteiger partial charge in [0.1, 0.15) is 11.4 Å². The first-order valence-electron chi connectivity index (χ1n) is 7.69. The molecule has 0 aliphatic rings. The second-order valence-corrected chi connectivity index (χ2v) is 5.48. The lowest BCUT2D eigenvalue weighted by molar-refractivity contribution is 0.101. The monoisotopic (exact) mass is 335 g/mol. The summed E-state index contributed by atoms with van der Waals surface area (Å²) >= 11 is 0. The Bertz CT molecular complexity index is 896. The van der Waals surface area contributed by atoms with Crippen molar-refractivity contribution in [1.82, 2.24) is 10.2 Å². The van der Waals surface area contributed by atoms with Crippen LogP contribution >= 0.6 is 0 Å². The smallest absolute Gasteiger partial charge is 0.273 e. The first-order chi connectivity index (χ1) is 12.1. The number of ether oxygens (including phenoxy) is 1. The molecule has 2 aromatic carbocycles. The minimum atomic E-state index is -0.303. The predicted octanol–water partition coefficient (Wildman–Crippen LogP) is 3.54. The van der Waals surface area contributed by atoms with Gasteiger partial charge in [0.25, 0.3) is 5.91 Å². The summed E-state index contributed by atoms with van der Waals surface area (Å²) in [7, 11) is 1.61. The number of methoxy groups -OCH3 is 1. The molecule has 126 valence electrons. The van der Waals surface area contributed by atoms with Gasteiger partial charge in [0, 0.05) is 16.8 Å². The van der Waals surface area contributed by atoms with E-state index in [1.165, 1.54) is 6.92 Å². The van der Waals surface area contributed by atoms with Crippen LogP contribution in [0.3, 0.4) is 0 Å². The highest BCUT2D eigenvalue weighted by molar-refractivity contribution is 6.03. The Morgan fingerprint density at radius 1 is 1.04 bits per heavy atom. The average molecular weight is 335 g/mol. The molecule has 0 aliphatic heterocycles. The van der Waals surface area contributed by atoms with Crippen molar-refractivity contribution in [3.63, 3.8) is 0 Å². The number of nitrogens with one attached hydrogen (secondary N) is 2. The number of hydrogen-bond acceptors (Lipinski definition) is 4. The molecule has 25 heavy (non-hydrogen) atoms. The molecule has 2 N–H and O–H groups in total. The van der Waals surface area contributed by atoms with E-state index in [1.54, 1.807) is 37.4 Å². The van der Waals surface area contributed by atoms with Gasteiger partial charge in [-0.1, -0.05) is 0 Å². The summed E-state index contributed by atoms with van der Waals surface area (Å²) in [4.78, 5) is 23.6. The maximum Gasteiger partial charge on any atom is 0.273 e. The molecule has 0 spiro atoms. The van der Waals surface area contributed by atoms with Gasteiger partial charge in [-0.3, -0.25) is 14.7 Å². The lowest BCUT2D eigenvalue weighted by Gasteiger charge is -2.04. The largest absolute Gasteiger partial charge is 0.497 e. The highest BCUT2D eigenvalue weighted by Gasteiger charge is 2.12. The molecule has 3 aromatic rings. The highest BCUT2D eigenvalue weighted by atomic mass is 16.5. The topological polar surface area (TPSA) is 84.1 Å². The third-order valence-corrected chi connectivity index (χ3v) is 3.76. The van der Waals surface area contributed by atoms with Gasteiger partial charge in [-0.15, -0.1) is 0 Å². The Hall–Kier alpha value is -3.41. The number of H-pyrrole nitrogens is 1. The van der Waals surface area contributed by atoms with Gasteiger partial charge in [0.05, 0.1) is 12.8 Å². The van der Waals surface area contributed by atoms with Gasteiger partial charge in [-0.25, -0.2) is 0 Å². The van der Waals surface area contributed by atoms with E-state index in [4.69, 9.17) is 4.74 Å². The van der Waals surface area contributed by atoms with Crippen molar-refractivity contribution < 1.29 is 14.3 Å². The van der Waals surface area contributed by atoms with E-state index in [1.807, 2.05) is 24.3 Å². The normalized spacial score (nSPS) is 10.3. The van der Waals surface area contributed by atoms with E-state index in [-0.39, 0.29) is 11.7 Å². The summed E-state index contributed by atoms with van der Waals surface area (Å²) in [6, 6.07) is 15.8. The summed E-state index contributed by atoms with van der Waals surface area (Å²) in [6.07, 6.45) is 0. The van der Waals surface area contributed by atoms with E-state index >= 15 is 0 Å². The average Bonchev–Trinajstić information content (AvgIpc) is 3.12. The fourth-order valence-electron chi connectivity index (χ4n) is 2.33. The van der Waals surface area contributed by atoms with Crippen LogP contribution in [0.5, 0.6) is 5.75 Å². The van der Waals surface area contributed by atoms with Crippen molar-refractivity contribution in [3.05, 3.63) is 65.9 Å². The number of Topliss-reactive ketones (excluding diaryl/α,β-unsaturated/α-hetero) is 1. The SMILES string of the molecule is COc1ccc(-c2cc(C(=O)Nc3ccc(C(C)=O)cc3)[nH]n2)cc1. The maximum absolute atomic E-state index is 12.3. The second-order valence-electron chi connectivity index (χ2n) is 5.48. The van der Waals surface area contributed by atoms with E-state index < -0.39 is 0 Å². The van der Waals surface area contributed by atoms with Crippen molar-refractivity contribution in [2.24, 2.45) is 0 Å². The molecular formula is C19H17N3O3. The van der Waals surface area contributed by atoms with Crippen molar-refractivity contribution in [3.8, 4) is 17.0 Å². The van der Waals surface area contributed by atoms with Gasteiger partial charge >= 0.3 is 0 Å². The highest BCUT2D eigenvalue weighted by Crippen LogP contribution is 2.21. The van der Waals surface area contributed by atoms with Crippen LogP contribution in [0.15, 0.2) is 54.6 Å². The summed E-state index contributed by atoms with van der Waals surface area (Å²) in [5, 5.41) is 9.67. The van der Waals surface area contributed by atoms with Crippen molar-refractivity contribution in [2.45, 2.75) is 6.92 Å². The van der Waals surface area contributed by atoms with Crippen molar-refractivity contribution >= 4 is 17.4 Å². The summed E-state index contributed by atoms with van der Waals surface area (Å²) in [5.74, 6) is 0.435. The molecular weight excluding hydrogens is 318 g/mol. The van der Waals surface area contributed by atoms with Gasteiger partial charge < -0.3 is 10.1 Å². The molecule has 0 saturated heterocycles. The Morgan fingerprint density at radius 3 is 2.32 bits per heavy atom. The minimum absolute atomic E-state index is 0.0180.